The summed E-state index contributed by atoms with van der Waals surface area (Å²) in [5.74, 6) is 0.785. The van der Waals surface area contributed by atoms with Gasteiger partial charge in [-0.1, -0.05) is 19.8 Å². The third-order valence-electron chi connectivity index (χ3n) is 2.47. The smallest absolute Gasteiger partial charge is 0.129 e. The number of ether oxygens (including phenoxy) is 1. The minimum Gasteiger partial charge on any atom is -0.467 e. The lowest BCUT2D eigenvalue weighted by Crippen LogP contribution is -2.30. The van der Waals surface area contributed by atoms with Crippen molar-refractivity contribution < 1.29 is 14.3 Å². The summed E-state index contributed by atoms with van der Waals surface area (Å²) in [6.45, 7) is 4.48. The van der Waals surface area contributed by atoms with E-state index in [9.17, 15) is 5.11 Å². The van der Waals surface area contributed by atoms with Crippen molar-refractivity contribution in [2.45, 2.75) is 38.9 Å². The van der Waals surface area contributed by atoms with Crippen LogP contribution in [0.4, 0.5) is 0 Å². The van der Waals surface area contributed by atoms with Gasteiger partial charge in [0, 0.05) is 6.54 Å². The van der Waals surface area contributed by atoms with E-state index in [1.165, 1.54) is 12.8 Å². The Morgan fingerprint density at radius 1 is 1.47 bits per heavy atom. The van der Waals surface area contributed by atoms with Crippen LogP contribution in [-0.2, 0) is 11.3 Å². The van der Waals surface area contributed by atoms with Gasteiger partial charge in [-0.25, -0.2) is 0 Å². The van der Waals surface area contributed by atoms with Crippen molar-refractivity contribution in [1.29, 1.82) is 0 Å². The molecule has 0 amide bonds. The van der Waals surface area contributed by atoms with Crippen molar-refractivity contribution >= 4 is 0 Å². The standard InChI is InChI=1S/C13H23NO3/c1-2-3-4-7-14-9-12(15)10-16-11-13-6-5-8-17-13/h5-6,8,12,14-15H,2-4,7,9-11H2,1H3. The van der Waals surface area contributed by atoms with Crippen molar-refractivity contribution in [2.24, 2.45) is 0 Å². The molecule has 0 aliphatic rings. The molecule has 0 radical (unpaired) electrons. The number of aliphatic hydroxyl groups excluding tert-OH is 1. The van der Waals surface area contributed by atoms with Gasteiger partial charge in [-0.15, -0.1) is 0 Å². The van der Waals surface area contributed by atoms with Crippen LogP contribution in [0.5, 0.6) is 0 Å². The van der Waals surface area contributed by atoms with Crippen LogP contribution in [0.2, 0.25) is 0 Å². The van der Waals surface area contributed by atoms with Crippen molar-refractivity contribution in [1.82, 2.24) is 5.32 Å². The third-order valence-corrected chi connectivity index (χ3v) is 2.47. The van der Waals surface area contributed by atoms with Crippen molar-refractivity contribution in [3.63, 3.8) is 0 Å². The van der Waals surface area contributed by atoms with Gasteiger partial charge in [-0.2, -0.15) is 0 Å². The molecular formula is C13H23NO3. The topological polar surface area (TPSA) is 54.6 Å². The maximum absolute atomic E-state index is 9.62. The van der Waals surface area contributed by atoms with Gasteiger partial charge in [0.25, 0.3) is 0 Å². The molecule has 2 N–H and O–H groups in total. The van der Waals surface area contributed by atoms with Gasteiger partial charge in [0.1, 0.15) is 12.4 Å². The van der Waals surface area contributed by atoms with E-state index in [4.69, 9.17) is 9.15 Å². The molecule has 1 heterocycles. The summed E-state index contributed by atoms with van der Waals surface area (Å²) >= 11 is 0. The second kappa shape index (κ2) is 9.22. The lowest BCUT2D eigenvalue weighted by Gasteiger charge is -2.11. The highest BCUT2D eigenvalue weighted by Crippen LogP contribution is 2.01. The minimum absolute atomic E-state index is 0.335. The Labute approximate surface area is 103 Å². The van der Waals surface area contributed by atoms with Gasteiger partial charge in [-0.05, 0) is 25.1 Å². The SMILES string of the molecule is CCCCCNCC(O)COCc1ccco1. The Kier molecular flexibility index (Phi) is 7.71. The molecule has 0 saturated carbocycles. The molecule has 17 heavy (non-hydrogen) atoms. The van der Waals surface area contributed by atoms with Crippen molar-refractivity contribution in [2.75, 3.05) is 19.7 Å². The fraction of sp³-hybridized carbons (Fsp3) is 0.692. The lowest BCUT2D eigenvalue weighted by molar-refractivity contribution is 0.0227. The monoisotopic (exact) mass is 241 g/mol. The first-order valence-electron chi connectivity index (χ1n) is 6.31. The summed E-state index contributed by atoms with van der Waals surface area (Å²) < 4.78 is 10.5. The highest BCUT2D eigenvalue weighted by Gasteiger charge is 2.04. The summed E-state index contributed by atoms with van der Waals surface area (Å²) in [5.41, 5.74) is 0. The van der Waals surface area contributed by atoms with Crippen LogP contribution < -0.4 is 5.32 Å². The van der Waals surface area contributed by atoms with Gasteiger partial charge in [0.15, 0.2) is 0 Å². The number of aliphatic hydroxyl groups is 1. The molecule has 4 heteroatoms. The molecule has 0 fully saturated rings. The molecule has 1 aromatic rings. The quantitative estimate of drug-likeness (QED) is 0.615. The number of hydrogen-bond donors (Lipinski definition) is 2. The average Bonchev–Trinajstić information content (AvgIpc) is 2.82. The van der Waals surface area contributed by atoms with Crippen LogP contribution in [0.25, 0.3) is 0 Å². The van der Waals surface area contributed by atoms with E-state index < -0.39 is 6.10 Å². The van der Waals surface area contributed by atoms with E-state index in [1.54, 1.807) is 6.26 Å². The Hall–Kier alpha value is -0.840. The molecule has 98 valence electrons. The zero-order valence-electron chi connectivity index (χ0n) is 10.5. The number of unbranched alkanes of at least 4 members (excludes halogenated alkanes) is 2. The normalized spacial score (nSPS) is 12.8. The highest BCUT2D eigenvalue weighted by atomic mass is 16.5. The predicted octanol–water partition coefficient (Wildman–Crippen LogP) is 1.94. The Morgan fingerprint density at radius 3 is 3.06 bits per heavy atom. The zero-order valence-corrected chi connectivity index (χ0v) is 10.5. The second-order valence-electron chi connectivity index (χ2n) is 4.16. The van der Waals surface area contributed by atoms with Crippen LogP contribution in [0, 0.1) is 0 Å². The van der Waals surface area contributed by atoms with Gasteiger partial charge < -0.3 is 19.6 Å². The van der Waals surface area contributed by atoms with E-state index in [0.717, 1.165) is 18.7 Å². The van der Waals surface area contributed by atoms with Crippen LogP contribution in [0.1, 0.15) is 31.9 Å². The molecule has 0 aliphatic heterocycles. The molecule has 0 aromatic carbocycles. The van der Waals surface area contributed by atoms with Crippen LogP contribution in [-0.4, -0.2) is 30.9 Å². The predicted molar refractivity (Wildman–Crippen MR) is 66.8 cm³/mol. The Bertz CT molecular complexity index is 262. The summed E-state index contributed by atoms with van der Waals surface area (Å²) in [5, 5.41) is 12.8. The minimum atomic E-state index is -0.452. The van der Waals surface area contributed by atoms with E-state index in [-0.39, 0.29) is 0 Å². The number of furan rings is 1. The number of nitrogens with one attached hydrogen (secondary N) is 1. The van der Waals surface area contributed by atoms with Gasteiger partial charge in [0.2, 0.25) is 0 Å². The summed E-state index contributed by atoms with van der Waals surface area (Å²) in [6.07, 6.45) is 4.78. The molecule has 1 aromatic heterocycles. The first-order valence-corrected chi connectivity index (χ1v) is 6.31. The first kappa shape index (κ1) is 14.2. The molecule has 4 nitrogen and oxygen atoms in total. The summed E-state index contributed by atoms with van der Waals surface area (Å²) in [4.78, 5) is 0. The first-order chi connectivity index (χ1) is 8.33. The van der Waals surface area contributed by atoms with Crippen LogP contribution >= 0.6 is 0 Å². The average molecular weight is 241 g/mol. The molecule has 0 saturated heterocycles. The molecule has 0 bridgehead atoms. The maximum atomic E-state index is 9.62. The molecular weight excluding hydrogens is 218 g/mol. The van der Waals surface area contributed by atoms with Crippen LogP contribution in [0.3, 0.4) is 0 Å². The summed E-state index contributed by atoms with van der Waals surface area (Å²) in [6, 6.07) is 3.68. The van der Waals surface area contributed by atoms with E-state index in [2.05, 4.69) is 12.2 Å². The maximum Gasteiger partial charge on any atom is 0.129 e. The van der Waals surface area contributed by atoms with Crippen LogP contribution in [0.15, 0.2) is 22.8 Å². The van der Waals surface area contributed by atoms with E-state index in [1.807, 2.05) is 12.1 Å². The second-order valence-corrected chi connectivity index (χ2v) is 4.16. The molecule has 0 spiro atoms. The lowest BCUT2D eigenvalue weighted by atomic mass is 10.2. The number of hydrogen-bond acceptors (Lipinski definition) is 4. The third kappa shape index (κ3) is 7.15. The number of rotatable bonds is 10. The zero-order chi connectivity index (χ0) is 12.3. The fourth-order valence-electron chi connectivity index (χ4n) is 1.52. The van der Waals surface area contributed by atoms with Crippen molar-refractivity contribution in [3.05, 3.63) is 24.2 Å². The highest BCUT2D eigenvalue weighted by molar-refractivity contribution is 4.96. The van der Waals surface area contributed by atoms with Gasteiger partial charge in [0.05, 0.1) is 19.0 Å². The molecule has 1 rings (SSSR count). The summed E-state index contributed by atoms with van der Waals surface area (Å²) in [7, 11) is 0. The molecule has 0 aliphatic carbocycles. The van der Waals surface area contributed by atoms with Crippen molar-refractivity contribution in [3.8, 4) is 0 Å². The van der Waals surface area contributed by atoms with Gasteiger partial charge >= 0.3 is 0 Å². The van der Waals surface area contributed by atoms with E-state index >= 15 is 0 Å². The molecule has 1 unspecified atom stereocenters. The Morgan fingerprint density at radius 2 is 2.35 bits per heavy atom. The van der Waals surface area contributed by atoms with E-state index in [0.29, 0.717) is 19.8 Å². The van der Waals surface area contributed by atoms with Gasteiger partial charge in [-0.3, -0.25) is 0 Å². The molecule has 1 atom stereocenters. The fourth-order valence-corrected chi connectivity index (χ4v) is 1.52. The Balaban J connectivity index is 1.92. The largest absolute Gasteiger partial charge is 0.467 e.